The van der Waals surface area contributed by atoms with Gasteiger partial charge in [0.2, 0.25) is 5.91 Å². The molecule has 0 radical (unpaired) electrons. The number of hydrogen-bond donors (Lipinski definition) is 2. The molecule has 0 aliphatic carbocycles. The molecule has 3 rings (SSSR count). The van der Waals surface area contributed by atoms with Gasteiger partial charge >= 0.3 is 0 Å². The second kappa shape index (κ2) is 9.09. The first-order valence-electron chi connectivity index (χ1n) is 9.39. The van der Waals surface area contributed by atoms with Gasteiger partial charge in [-0.3, -0.25) is 9.69 Å². The van der Waals surface area contributed by atoms with E-state index in [0.717, 1.165) is 42.3 Å². The summed E-state index contributed by atoms with van der Waals surface area (Å²) in [7, 11) is 0. The Bertz CT molecular complexity index is 841. The second-order valence-corrected chi connectivity index (χ2v) is 9.95. The molecular formula is C20H26Cl2N4OS. The number of benzene rings is 1. The molecule has 0 saturated carbocycles. The van der Waals surface area contributed by atoms with Crippen LogP contribution in [0.2, 0.25) is 10.0 Å². The van der Waals surface area contributed by atoms with Crippen LogP contribution in [-0.2, 0) is 16.6 Å². The average Bonchev–Trinajstić information content (AvgIpc) is 3.01. The van der Waals surface area contributed by atoms with E-state index in [1.165, 1.54) is 11.3 Å². The Morgan fingerprint density at radius 2 is 2.00 bits per heavy atom. The van der Waals surface area contributed by atoms with Crippen molar-refractivity contribution in [2.24, 2.45) is 0 Å². The van der Waals surface area contributed by atoms with Crippen LogP contribution in [0.5, 0.6) is 0 Å². The molecule has 0 unspecified atom stereocenters. The summed E-state index contributed by atoms with van der Waals surface area (Å²) in [5.41, 5.74) is 1.85. The highest BCUT2D eigenvalue weighted by molar-refractivity contribution is 7.15. The molecule has 1 fully saturated rings. The molecule has 0 atom stereocenters. The molecule has 0 spiro atoms. The number of rotatable bonds is 5. The van der Waals surface area contributed by atoms with Gasteiger partial charge in [0.05, 0.1) is 12.2 Å². The number of piperazine rings is 1. The molecule has 5 nitrogen and oxygen atoms in total. The van der Waals surface area contributed by atoms with Crippen LogP contribution in [0.3, 0.4) is 0 Å². The van der Waals surface area contributed by atoms with Gasteiger partial charge in [0.25, 0.3) is 0 Å². The standard InChI is InChI=1S/C20H26Cl2N4OS/c1-20(2,3)18-16(10-13-4-5-14(21)11-15(13)22)28-19(25-18)24-17(27)12-26-8-6-23-7-9-26/h4-5,11,23H,6-10,12H2,1-3H3,(H,24,25,27). The Morgan fingerprint density at radius 1 is 1.29 bits per heavy atom. The van der Waals surface area contributed by atoms with Crippen LogP contribution in [0, 0.1) is 0 Å². The largest absolute Gasteiger partial charge is 0.314 e. The monoisotopic (exact) mass is 440 g/mol. The molecule has 1 aromatic carbocycles. The Balaban J connectivity index is 1.76. The number of thiazole rings is 1. The highest BCUT2D eigenvalue weighted by Gasteiger charge is 2.25. The molecule has 1 aliphatic heterocycles. The number of hydrogen-bond acceptors (Lipinski definition) is 5. The molecular weight excluding hydrogens is 415 g/mol. The lowest BCUT2D eigenvalue weighted by molar-refractivity contribution is -0.117. The summed E-state index contributed by atoms with van der Waals surface area (Å²) in [5.74, 6) is -0.0211. The summed E-state index contributed by atoms with van der Waals surface area (Å²) in [4.78, 5) is 20.5. The number of nitrogens with one attached hydrogen (secondary N) is 2. The fraction of sp³-hybridized carbons (Fsp3) is 0.500. The predicted octanol–water partition coefficient (Wildman–Crippen LogP) is 4.18. The molecule has 28 heavy (non-hydrogen) atoms. The van der Waals surface area contributed by atoms with Gasteiger partial charge in [-0.1, -0.05) is 50.0 Å². The van der Waals surface area contributed by atoms with Gasteiger partial charge in [-0.15, -0.1) is 11.3 Å². The maximum absolute atomic E-state index is 12.5. The van der Waals surface area contributed by atoms with Gasteiger partial charge in [-0.05, 0) is 17.7 Å². The molecule has 1 aliphatic rings. The summed E-state index contributed by atoms with van der Waals surface area (Å²) < 4.78 is 0. The van der Waals surface area contributed by atoms with Crippen LogP contribution in [0.25, 0.3) is 0 Å². The molecule has 2 N–H and O–H groups in total. The predicted molar refractivity (Wildman–Crippen MR) is 118 cm³/mol. The summed E-state index contributed by atoms with van der Waals surface area (Å²) >= 11 is 13.9. The Morgan fingerprint density at radius 3 is 2.64 bits per heavy atom. The second-order valence-electron chi connectivity index (χ2n) is 8.03. The van der Waals surface area contributed by atoms with E-state index < -0.39 is 0 Å². The molecule has 2 aromatic rings. The zero-order chi connectivity index (χ0) is 20.3. The number of amides is 1. The van der Waals surface area contributed by atoms with Crippen LogP contribution in [0.15, 0.2) is 18.2 Å². The Hall–Kier alpha value is -1.18. The van der Waals surface area contributed by atoms with E-state index >= 15 is 0 Å². The first-order chi connectivity index (χ1) is 13.2. The van der Waals surface area contributed by atoms with E-state index in [4.69, 9.17) is 28.2 Å². The van der Waals surface area contributed by atoms with Gasteiger partial charge in [0.1, 0.15) is 0 Å². The lowest BCUT2D eigenvalue weighted by atomic mass is 9.90. The van der Waals surface area contributed by atoms with Crippen LogP contribution < -0.4 is 10.6 Å². The fourth-order valence-corrected chi connectivity index (χ4v) is 4.87. The summed E-state index contributed by atoms with van der Waals surface area (Å²) in [6, 6.07) is 5.54. The van der Waals surface area contributed by atoms with E-state index in [-0.39, 0.29) is 11.3 Å². The first-order valence-corrected chi connectivity index (χ1v) is 11.0. The van der Waals surface area contributed by atoms with E-state index in [9.17, 15) is 4.79 Å². The van der Waals surface area contributed by atoms with Crippen molar-refractivity contribution in [3.63, 3.8) is 0 Å². The fourth-order valence-electron chi connectivity index (χ4n) is 3.18. The summed E-state index contributed by atoms with van der Waals surface area (Å²) in [6.07, 6.45) is 0.661. The van der Waals surface area contributed by atoms with Crippen molar-refractivity contribution in [1.29, 1.82) is 0 Å². The van der Waals surface area contributed by atoms with Crippen molar-refractivity contribution in [3.05, 3.63) is 44.4 Å². The highest BCUT2D eigenvalue weighted by Crippen LogP contribution is 2.35. The minimum Gasteiger partial charge on any atom is -0.314 e. The van der Waals surface area contributed by atoms with Crippen molar-refractivity contribution < 1.29 is 4.79 Å². The van der Waals surface area contributed by atoms with E-state index in [0.29, 0.717) is 28.1 Å². The van der Waals surface area contributed by atoms with E-state index in [1.54, 1.807) is 6.07 Å². The van der Waals surface area contributed by atoms with E-state index in [1.807, 2.05) is 12.1 Å². The number of aromatic nitrogens is 1. The highest BCUT2D eigenvalue weighted by atomic mass is 35.5. The van der Waals surface area contributed by atoms with Crippen LogP contribution >= 0.6 is 34.5 Å². The number of carbonyl (C=O) groups is 1. The minimum atomic E-state index is -0.133. The number of anilines is 1. The minimum absolute atomic E-state index is 0.0211. The number of carbonyl (C=O) groups excluding carboxylic acids is 1. The average molecular weight is 441 g/mol. The molecule has 152 valence electrons. The van der Waals surface area contributed by atoms with Gasteiger partial charge in [-0.25, -0.2) is 4.98 Å². The zero-order valence-corrected chi connectivity index (χ0v) is 18.8. The lowest BCUT2D eigenvalue weighted by Crippen LogP contribution is -2.46. The summed E-state index contributed by atoms with van der Waals surface area (Å²) in [6.45, 7) is 10.4. The van der Waals surface area contributed by atoms with Gasteiger partial charge in [0.15, 0.2) is 5.13 Å². The third-order valence-corrected chi connectivity index (χ3v) is 6.15. The Labute approximate surface area is 180 Å². The van der Waals surface area contributed by atoms with Crippen LogP contribution in [0.1, 0.15) is 36.9 Å². The SMILES string of the molecule is CC(C)(C)c1nc(NC(=O)CN2CCNCC2)sc1Cc1ccc(Cl)cc1Cl. The summed E-state index contributed by atoms with van der Waals surface area (Å²) in [5, 5.41) is 8.18. The molecule has 2 heterocycles. The smallest absolute Gasteiger partial charge is 0.240 e. The maximum atomic E-state index is 12.5. The third-order valence-electron chi connectivity index (χ3n) is 4.60. The molecule has 0 bridgehead atoms. The lowest BCUT2D eigenvalue weighted by Gasteiger charge is -2.26. The van der Waals surface area contributed by atoms with E-state index in [2.05, 4.69) is 36.3 Å². The van der Waals surface area contributed by atoms with Gasteiger partial charge in [0, 0.05) is 52.9 Å². The van der Waals surface area contributed by atoms with Crippen molar-refractivity contribution >= 4 is 45.6 Å². The molecule has 8 heteroatoms. The van der Waals surface area contributed by atoms with Crippen molar-refractivity contribution in [2.75, 3.05) is 38.0 Å². The molecule has 1 saturated heterocycles. The topological polar surface area (TPSA) is 57.3 Å². The van der Waals surface area contributed by atoms with Gasteiger partial charge < -0.3 is 10.6 Å². The normalized spacial score (nSPS) is 15.6. The van der Waals surface area contributed by atoms with Crippen molar-refractivity contribution in [2.45, 2.75) is 32.6 Å². The Kier molecular flexibility index (Phi) is 6.99. The quantitative estimate of drug-likeness (QED) is 0.731. The van der Waals surface area contributed by atoms with Crippen LogP contribution in [-0.4, -0.2) is 48.5 Å². The zero-order valence-electron chi connectivity index (χ0n) is 16.4. The molecule has 1 aromatic heterocycles. The van der Waals surface area contributed by atoms with Gasteiger partial charge in [-0.2, -0.15) is 0 Å². The number of nitrogens with zero attached hydrogens (tertiary/aromatic N) is 2. The van der Waals surface area contributed by atoms with Crippen molar-refractivity contribution in [1.82, 2.24) is 15.2 Å². The number of halogens is 2. The maximum Gasteiger partial charge on any atom is 0.240 e. The van der Waals surface area contributed by atoms with Crippen molar-refractivity contribution in [3.8, 4) is 0 Å². The molecule has 1 amide bonds. The third kappa shape index (κ3) is 5.67. The first kappa shape index (κ1) is 21.5. The van der Waals surface area contributed by atoms with Crippen LogP contribution in [0.4, 0.5) is 5.13 Å².